The Morgan fingerprint density at radius 1 is 1.10 bits per heavy atom. The van der Waals surface area contributed by atoms with Gasteiger partial charge in [-0.3, -0.25) is 4.79 Å². The standard InChI is InChI=1S/C17H17NO2/c1-11-2-4-12(5-3-11)15-10-16(15)17(20)18-13-6-8-14(19)9-7-13/h2-9,15-16,19H,10H2,1H3,(H,18,20). The van der Waals surface area contributed by atoms with Gasteiger partial charge < -0.3 is 10.4 Å². The Kier molecular flexibility index (Phi) is 3.18. The van der Waals surface area contributed by atoms with Crippen molar-refractivity contribution in [2.24, 2.45) is 5.92 Å². The van der Waals surface area contributed by atoms with Crippen molar-refractivity contribution in [3.63, 3.8) is 0 Å². The van der Waals surface area contributed by atoms with E-state index in [-0.39, 0.29) is 17.6 Å². The molecule has 102 valence electrons. The quantitative estimate of drug-likeness (QED) is 0.837. The lowest BCUT2D eigenvalue weighted by Crippen LogP contribution is -2.14. The van der Waals surface area contributed by atoms with Crippen LogP contribution in [0.1, 0.15) is 23.5 Å². The number of carbonyl (C=O) groups is 1. The molecule has 0 spiro atoms. The Morgan fingerprint density at radius 2 is 1.75 bits per heavy atom. The molecule has 1 saturated carbocycles. The van der Waals surface area contributed by atoms with Crippen LogP contribution in [0.2, 0.25) is 0 Å². The van der Waals surface area contributed by atoms with Gasteiger partial charge in [0, 0.05) is 11.6 Å². The van der Waals surface area contributed by atoms with Gasteiger partial charge in [-0.25, -0.2) is 0 Å². The smallest absolute Gasteiger partial charge is 0.228 e. The van der Waals surface area contributed by atoms with Crippen molar-refractivity contribution in [3.05, 3.63) is 59.7 Å². The number of hydrogen-bond donors (Lipinski definition) is 2. The van der Waals surface area contributed by atoms with Crippen LogP contribution in [0.4, 0.5) is 5.69 Å². The molecular weight excluding hydrogens is 250 g/mol. The summed E-state index contributed by atoms with van der Waals surface area (Å²) < 4.78 is 0. The fraction of sp³-hybridized carbons (Fsp3) is 0.235. The van der Waals surface area contributed by atoms with E-state index in [0.717, 1.165) is 12.1 Å². The third-order valence-corrected chi connectivity index (χ3v) is 3.77. The van der Waals surface area contributed by atoms with E-state index in [0.29, 0.717) is 5.92 Å². The number of hydrogen-bond acceptors (Lipinski definition) is 2. The molecule has 1 aliphatic carbocycles. The number of phenolic OH excluding ortho intramolecular Hbond substituents is 1. The number of amides is 1. The van der Waals surface area contributed by atoms with Gasteiger partial charge >= 0.3 is 0 Å². The van der Waals surface area contributed by atoms with Crippen molar-refractivity contribution < 1.29 is 9.90 Å². The number of nitrogens with one attached hydrogen (secondary N) is 1. The van der Waals surface area contributed by atoms with Gasteiger partial charge in [0.1, 0.15) is 5.75 Å². The van der Waals surface area contributed by atoms with Gasteiger partial charge in [0.05, 0.1) is 0 Å². The maximum atomic E-state index is 12.1. The Bertz CT molecular complexity index is 616. The SMILES string of the molecule is Cc1ccc(C2CC2C(=O)Nc2ccc(O)cc2)cc1. The summed E-state index contributed by atoms with van der Waals surface area (Å²) in [6.07, 6.45) is 0.910. The summed E-state index contributed by atoms with van der Waals surface area (Å²) in [5.74, 6) is 0.660. The fourth-order valence-electron chi connectivity index (χ4n) is 2.45. The van der Waals surface area contributed by atoms with Crippen molar-refractivity contribution >= 4 is 11.6 Å². The summed E-state index contributed by atoms with van der Waals surface area (Å²) in [6.45, 7) is 2.06. The minimum absolute atomic E-state index is 0.0567. The van der Waals surface area contributed by atoms with Crippen LogP contribution in [0.3, 0.4) is 0 Å². The third-order valence-electron chi connectivity index (χ3n) is 3.77. The Balaban J connectivity index is 1.62. The zero-order valence-corrected chi connectivity index (χ0v) is 11.3. The van der Waals surface area contributed by atoms with E-state index in [1.54, 1.807) is 24.3 Å². The van der Waals surface area contributed by atoms with E-state index >= 15 is 0 Å². The van der Waals surface area contributed by atoms with Gasteiger partial charge in [0.2, 0.25) is 5.91 Å². The van der Waals surface area contributed by atoms with E-state index in [4.69, 9.17) is 0 Å². The third kappa shape index (κ3) is 2.67. The predicted octanol–water partition coefficient (Wildman–Crippen LogP) is 3.44. The van der Waals surface area contributed by atoms with Crippen molar-refractivity contribution in [2.45, 2.75) is 19.3 Å². The zero-order valence-electron chi connectivity index (χ0n) is 11.3. The molecule has 0 saturated heterocycles. The summed E-state index contributed by atoms with van der Waals surface area (Å²) in [5.41, 5.74) is 3.20. The number of benzene rings is 2. The number of aryl methyl sites for hydroxylation is 1. The average Bonchev–Trinajstić information content (AvgIpc) is 3.23. The predicted molar refractivity (Wildman–Crippen MR) is 78.8 cm³/mol. The molecule has 3 nitrogen and oxygen atoms in total. The molecule has 0 radical (unpaired) electrons. The number of rotatable bonds is 3. The molecule has 2 unspecified atom stereocenters. The van der Waals surface area contributed by atoms with Crippen LogP contribution in [-0.2, 0) is 4.79 Å². The maximum absolute atomic E-state index is 12.1. The van der Waals surface area contributed by atoms with Crippen molar-refractivity contribution in [1.29, 1.82) is 0 Å². The molecule has 20 heavy (non-hydrogen) atoms. The topological polar surface area (TPSA) is 49.3 Å². The molecule has 3 rings (SSSR count). The molecule has 0 bridgehead atoms. The van der Waals surface area contributed by atoms with E-state index < -0.39 is 0 Å². The van der Waals surface area contributed by atoms with E-state index in [1.807, 2.05) is 0 Å². The van der Waals surface area contributed by atoms with Crippen LogP contribution in [0.25, 0.3) is 0 Å². The second-order valence-corrected chi connectivity index (χ2v) is 5.40. The van der Waals surface area contributed by atoms with Crippen LogP contribution in [-0.4, -0.2) is 11.0 Å². The van der Waals surface area contributed by atoms with Crippen LogP contribution in [0, 0.1) is 12.8 Å². The maximum Gasteiger partial charge on any atom is 0.228 e. The molecule has 0 aromatic heterocycles. The molecule has 2 N–H and O–H groups in total. The van der Waals surface area contributed by atoms with Gasteiger partial charge in [-0.2, -0.15) is 0 Å². The lowest BCUT2D eigenvalue weighted by molar-refractivity contribution is -0.117. The number of aromatic hydroxyl groups is 1. The summed E-state index contributed by atoms with van der Waals surface area (Å²) >= 11 is 0. The Hall–Kier alpha value is -2.29. The normalized spacial score (nSPS) is 20.4. The van der Waals surface area contributed by atoms with Crippen LogP contribution >= 0.6 is 0 Å². The van der Waals surface area contributed by atoms with Crippen LogP contribution < -0.4 is 5.32 Å². The molecule has 2 aromatic carbocycles. The minimum Gasteiger partial charge on any atom is -0.508 e. The van der Waals surface area contributed by atoms with Crippen molar-refractivity contribution in [3.8, 4) is 5.75 Å². The average molecular weight is 267 g/mol. The highest BCUT2D eigenvalue weighted by atomic mass is 16.3. The highest BCUT2D eigenvalue weighted by Gasteiger charge is 2.43. The Labute approximate surface area is 118 Å². The van der Waals surface area contributed by atoms with Gasteiger partial charge in [0.25, 0.3) is 0 Å². The lowest BCUT2D eigenvalue weighted by atomic mass is 10.1. The largest absolute Gasteiger partial charge is 0.508 e. The second kappa shape index (κ2) is 5.00. The van der Waals surface area contributed by atoms with Gasteiger partial charge in [-0.1, -0.05) is 29.8 Å². The Morgan fingerprint density at radius 3 is 2.40 bits per heavy atom. The molecule has 2 atom stereocenters. The lowest BCUT2D eigenvalue weighted by Gasteiger charge is -2.05. The van der Waals surface area contributed by atoms with Gasteiger partial charge in [-0.05, 0) is 49.1 Å². The highest BCUT2D eigenvalue weighted by Crippen LogP contribution is 2.48. The molecule has 3 heteroatoms. The zero-order chi connectivity index (χ0) is 14.1. The first-order chi connectivity index (χ1) is 9.63. The summed E-state index contributed by atoms with van der Waals surface area (Å²) in [6, 6.07) is 14.9. The first kappa shape index (κ1) is 12.7. The summed E-state index contributed by atoms with van der Waals surface area (Å²) in [4.78, 5) is 12.1. The number of anilines is 1. The highest BCUT2D eigenvalue weighted by molar-refractivity contribution is 5.95. The molecule has 0 aliphatic heterocycles. The number of phenols is 1. The van der Waals surface area contributed by atoms with Gasteiger partial charge in [0.15, 0.2) is 0 Å². The van der Waals surface area contributed by atoms with Gasteiger partial charge in [-0.15, -0.1) is 0 Å². The monoisotopic (exact) mass is 267 g/mol. The van der Waals surface area contributed by atoms with E-state index in [1.165, 1.54) is 11.1 Å². The molecule has 1 amide bonds. The second-order valence-electron chi connectivity index (χ2n) is 5.40. The first-order valence-corrected chi connectivity index (χ1v) is 6.80. The molecule has 1 fully saturated rings. The van der Waals surface area contributed by atoms with E-state index in [2.05, 4.69) is 36.5 Å². The molecule has 1 aliphatic rings. The van der Waals surface area contributed by atoms with Crippen LogP contribution in [0.5, 0.6) is 5.75 Å². The molecule has 0 heterocycles. The minimum atomic E-state index is 0.0567. The summed E-state index contributed by atoms with van der Waals surface area (Å²) in [7, 11) is 0. The molecular formula is C17H17NO2. The molecule has 2 aromatic rings. The van der Waals surface area contributed by atoms with E-state index in [9.17, 15) is 9.90 Å². The fourth-order valence-corrected chi connectivity index (χ4v) is 2.45. The first-order valence-electron chi connectivity index (χ1n) is 6.80. The van der Waals surface area contributed by atoms with Crippen molar-refractivity contribution in [2.75, 3.05) is 5.32 Å². The number of carbonyl (C=O) groups excluding carboxylic acids is 1. The van der Waals surface area contributed by atoms with Crippen LogP contribution in [0.15, 0.2) is 48.5 Å². The summed E-state index contributed by atoms with van der Waals surface area (Å²) in [5, 5.41) is 12.1. The van der Waals surface area contributed by atoms with Crippen molar-refractivity contribution in [1.82, 2.24) is 0 Å².